The van der Waals surface area contributed by atoms with E-state index in [9.17, 15) is 36.9 Å². The first-order chi connectivity index (χ1) is 23.1. The fourth-order valence-corrected chi connectivity index (χ4v) is 5.95. The van der Waals surface area contributed by atoms with E-state index >= 15 is 0 Å². The van der Waals surface area contributed by atoms with Crippen LogP contribution in [0.1, 0.15) is 36.8 Å². The number of halogens is 1. The zero-order valence-electron chi connectivity index (χ0n) is 26.6. The molecule has 4 N–H and O–H groups in total. The summed E-state index contributed by atoms with van der Waals surface area (Å²) in [6, 6.07) is 14.4. The molecule has 1 aromatic heterocycles. The molecule has 4 rings (SSSR count). The molecule has 2 heterocycles. The van der Waals surface area contributed by atoms with Gasteiger partial charge in [0.05, 0.1) is 0 Å². The Hall–Kier alpha value is -4.11. The van der Waals surface area contributed by atoms with Crippen molar-refractivity contribution in [2.75, 3.05) is 17.8 Å². The number of oxime groups is 1. The Bertz CT molecular complexity index is 1820. The zero-order chi connectivity index (χ0) is 35.9. The topological polar surface area (TPSA) is 249 Å². The molecule has 260 valence electrons. The second kappa shape index (κ2) is 17.2. The quantitative estimate of drug-likeness (QED) is 0.0320. The molecule has 1 saturated heterocycles. The summed E-state index contributed by atoms with van der Waals surface area (Å²) in [4.78, 5) is 72.2. The number of esters is 1. The maximum atomic E-state index is 13.5. The van der Waals surface area contributed by atoms with Gasteiger partial charge in [-0.25, -0.2) is 27.3 Å². The smallest absolute Gasteiger partial charge is 0.731 e. The van der Waals surface area contributed by atoms with Gasteiger partial charge in [0.25, 0.3) is 11.8 Å². The van der Waals surface area contributed by atoms with Crippen LogP contribution in [0.3, 0.4) is 0 Å². The van der Waals surface area contributed by atoms with Crippen LogP contribution in [0.15, 0.2) is 71.2 Å². The van der Waals surface area contributed by atoms with E-state index in [1.54, 1.807) is 60.7 Å². The van der Waals surface area contributed by atoms with E-state index < -0.39 is 82.1 Å². The summed E-state index contributed by atoms with van der Waals surface area (Å²) >= 11 is 6.39. The van der Waals surface area contributed by atoms with Gasteiger partial charge >= 0.3 is 41.6 Å². The van der Waals surface area contributed by atoms with Crippen molar-refractivity contribution in [1.29, 1.82) is 0 Å². The van der Waals surface area contributed by atoms with Crippen LogP contribution in [-0.4, -0.2) is 87.9 Å². The van der Waals surface area contributed by atoms with Crippen molar-refractivity contribution >= 4 is 73.9 Å². The van der Waals surface area contributed by atoms with E-state index in [4.69, 9.17) is 26.9 Å². The molecule has 3 aromatic rings. The molecule has 2 atom stereocenters. The Labute approximate surface area is 316 Å². The average molecular weight is 759 g/mol. The Balaban J connectivity index is 0.00000676. The summed E-state index contributed by atoms with van der Waals surface area (Å²) in [6.45, 7) is 1.78. The Kier molecular flexibility index (Phi) is 13.9. The minimum atomic E-state index is -5.37. The molecular formula is C29H28ClN6NaO11S2. The number of hydrogen-bond donors (Lipinski definition) is 3. The molecule has 0 bridgehead atoms. The number of amides is 4. The Morgan fingerprint density at radius 3 is 2.20 bits per heavy atom. The van der Waals surface area contributed by atoms with Crippen LogP contribution in [-0.2, 0) is 43.8 Å². The van der Waals surface area contributed by atoms with E-state index in [-0.39, 0.29) is 44.7 Å². The van der Waals surface area contributed by atoms with E-state index in [0.29, 0.717) is 11.1 Å². The van der Waals surface area contributed by atoms with Crippen LogP contribution >= 0.6 is 22.9 Å². The molecule has 0 unspecified atom stereocenters. The number of nitrogens with two attached hydrogens (primary N) is 1. The number of rotatable bonds is 14. The molecule has 0 saturated carbocycles. The molecule has 0 spiro atoms. The number of thiazole rings is 1. The standard InChI is InChI=1S/C29H29ClN6O11S2.Na/c1-29(2,26(40)46-23(16-9-5-3-6-10-16)17-11-7-4-8-12-17)47-35-21(18-15-48-28(32-18)33-20(37)13-30)24(38)34-22-19(14-45-27(31)41)36(25(22)39)49(42,43)44;/h3-12,15,19,22-23H,13-14H2,1-2H3,(H2,31,41)(H,34,38)(H,32,33,37)(H,42,43,44);/q;+1/p-1/t19-,22+;/m1./s1. The predicted octanol–water partition coefficient (Wildman–Crippen LogP) is -1.59. The Morgan fingerprint density at radius 1 is 1.10 bits per heavy atom. The third-order valence-electron chi connectivity index (χ3n) is 6.71. The molecule has 0 radical (unpaired) electrons. The summed E-state index contributed by atoms with van der Waals surface area (Å²) in [5.41, 5.74) is 3.54. The third-order valence-corrected chi connectivity index (χ3v) is 8.64. The molecule has 0 aliphatic carbocycles. The van der Waals surface area contributed by atoms with Gasteiger partial charge in [-0.3, -0.25) is 14.4 Å². The predicted molar refractivity (Wildman–Crippen MR) is 172 cm³/mol. The van der Waals surface area contributed by atoms with Gasteiger partial charge in [0.2, 0.25) is 11.5 Å². The average Bonchev–Trinajstić information content (AvgIpc) is 3.51. The van der Waals surface area contributed by atoms with Crippen molar-refractivity contribution in [2.24, 2.45) is 10.9 Å². The van der Waals surface area contributed by atoms with Crippen molar-refractivity contribution < 1.29 is 80.8 Å². The summed E-state index contributed by atoms with van der Waals surface area (Å²) in [6.07, 6.45) is -2.19. The van der Waals surface area contributed by atoms with Crippen LogP contribution in [0.5, 0.6) is 0 Å². The van der Waals surface area contributed by atoms with Crippen molar-refractivity contribution in [2.45, 2.75) is 37.6 Å². The van der Waals surface area contributed by atoms with Crippen molar-refractivity contribution in [3.05, 3.63) is 82.9 Å². The number of β-lactam (4-membered cyclic amide) rings is 1. The first kappa shape index (κ1) is 40.3. The van der Waals surface area contributed by atoms with Gasteiger partial charge in [-0.05, 0) is 25.0 Å². The molecule has 1 fully saturated rings. The first-order valence-corrected chi connectivity index (χ1v) is 16.8. The molecule has 50 heavy (non-hydrogen) atoms. The van der Waals surface area contributed by atoms with Crippen molar-refractivity contribution in [3.8, 4) is 0 Å². The summed E-state index contributed by atoms with van der Waals surface area (Å²) in [5.74, 6) is -4.45. The second-order valence-corrected chi connectivity index (χ2v) is 13.0. The van der Waals surface area contributed by atoms with Crippen LogP contribution in [0.25, 0.3) is 0 Å². The SMILES string of the molecule is CC(C)(ON=C(C(=O)N[C@@H]1C(=O)N(S(=O)(=O)[O-])[C@@H]1COC(N)=O)c1csc(NC(=O)CCl)n1)C(=O)OC(c1ccccc1)c1ccccc1.[Na+]. The normalized spacial score (nSPS) is 16.1. The summed E-state index contributed by atoms with van der Waals surface area (Å²) < 4.78 is 45.2. The summed E-state index contributed by atoms with van der Waals surface area (Å²) in [5, 5.41) is 9.72. The first-order valence-electron chi connectivity index (χ1n) is 14.0. The van der Waals surface area contributed by atoms with Crippen LogP contribution in [0.2, 0.25) is 0 Å². The van der Waals surface area contributed by atoms with Gasteiger partial charge in [-0.2, -0.15) is 0 Å². The molecule has 1 aliphatic rings. The van der Waals surface area contributed by atoms with Gasteiger partial charge in [-0.1, -0.05) is 65.8 Å². The number of nitrogens with one attached hydrogen (secondary N) is 2. The molecule has 1 aliphatic heterocycles. The minimum absolute atomic E-state index is 0. The van der Waals surface area contributed by atoms with E-state index in [0.717, 1.165) is 11.3 Å². The van der Waals surface area contributed by atoms with Gasteiger partial charge < -0.3 is 35.2 Å². The van der Waals surface area contributed by atoms with Gasteiger partial charge in [0.15, 0.2) is 27.3 Å². The van der Waals surface area contributed by atoms with E-state index in [1.807, 2.05) is 0 Å². The van der Waals surface area contributed by atoms with Crippen molar-refractivity contribution in [1.82, 2.24) is 14.6 Å². The summed E-state index contributed by atoms with van der Waals surface area (Å²) in [7, 11) is -5.37. The largest absolute Gasteiger partial charge is 1.00 e. The third kappa shape index (κ3) is 9.99. The van der Waals surface area contributed by atoms with E-state index in [1.165, 1.54) is 19.2 Å². The number of hydrogen-bond acceptors (Lipinski definition) is 14. The molecule has 21 heteroatoms. The molecule has 2 aromatic carbocycles. The number of ether oxygens (including phenoxy) is 2. The van der Waals surface area contributed by atoms with E-state index in [2.05, 4.69) is 25.5 Å². The maximum Gasteiger partial charge on any atom is 1.00 e. The number of alkyl halides is 1. The fourth-order valence-electron chi connectivity index (χ4n) is 4.32. The molecule has 17 nitrogen and oxygen atoms in total. The maximum absolute atomic E-state index is 13.5. The number of benzene rings is 2. The number of carbonyl (C=O) groups excluding carboxylic acids is 5. The van der Waals surface area contributed by atoms with Crippen LogP contribution < -0.4 is 45.9 Å². The number of carbonyl (C=O) groups is 5. The second-order valence-electron chi connectivity index (χ2n) is 10.6. The zero-order valence-corrected chi connectivity index (χ0v) is 31.0. The van der Waals surface area contributed by atoms with Gasteiger partial charge in [0.1, 0.15) is 30.3 Å². The van der Waals surface area contributed by atoms with Crippen LogP contribution in [0.4, 0.5) is 9.93 Å². The number of primary amides is 1. The number of anilines is 1. The van der Waals surface area contributed by atoms with Crippen molar-refractivity contribution in [3.63, 3.8) is 0 Å². The number of nitrogens with zero attached hydrogens (tertiary/aromatic N) is 3. The fraction of sp³-hybridized carbons (Fsp3) is 0.276. The van der Waals surface area contributed by atoms with Crippen LogP contribution in [0, 0.1) is 0 Å². The van der Waals surface area contributed by atoms with Gasteiger partial charge in [0, 0.05) is 5.38 Å². The monoisotopic (exact) mass is 758 g/mol. The molecular weight excluding hydrogens is 731 g/mol. The molecule has 4 amide bonds. The minimum Gasteiger partial charge on any atom is -0.731 e. The Morgan fingerprint density at radius 2 is 1.68 bits per heavy atom. The van der Waals surface area contributed by atoms with Gasteiger partial charge in [-0.15, -0.1) is 22.9 Å². The number of aromatic nitrogens is 1.